The molecule has 0 bridgehead atoms. The van der Waals surface area contributed by atoms with Crippen molar-refractivity contribution in [2.75, 3.05) is 33.7 Å². The number of nitrogens with zero attached hydrogens (tertiary/aromatic N) is 4. The zero-order valence-electron chi connectivity index (χ0n) is 35.5. The largest absolute Gasteiger partial charge is 0.341 e. The Labute approximate surface area is 363 Å². The number of hydrogen-bond acceptors (Lipinski definition) is 4. The first-order chi connectivity index (χ1) is 30.4. The highest BCUT2D eigenvalue weighted by Gasteiger charge is 2.32. The highest BCUT2D eigenvalue weighted by molar-refractivity contribution is 6.12. The van der Waals surface area contributed by atoms with Crippen molar-refractivity contribution in [2.45, 2.75) is 26.3 Å². The molecule has 1 atom stereocenters. The van der Waals surface area contributed by atoms with Crippen LogP contribution in [0.5, 0.6) is 0 Å². The van der Waals surface area contributed by atoms with Crippen LogP contribution in [0.15, 0.2) is 176 Å². The zero-order chi connectivity index (χ0) is 41.6. The van der Waals surface area contributed by atoms with E-state index in [1.165, 1.54) is 111 Å². The molecule has 2 heterocycles. The molecule has 3 aliphatic rings. The molecule has 9 aromatic rings. The Morgan fingerprint density at radius 2 is 0.968 bits per heavy atom. The van der Waals surface area contributed by atoms with Gasteiger partial charge in [0.25, 0.3) is 0 Å². The molecule has 0 radical (unpaired) electrons. The molecule has 0 saturated carbocycles. The van der Waals surface area contributed by atoms with Crippen LogP contribution >= 0.6 is 0 Å². The number of anilines is 9. The van der Waals surface area contributed by atoms with Crippen molar-refractivity contribution in [1.82, 2.24) is 0 Å². The van der Waals surface area contributed by atoms with Crippen LogP contribution in [0.4, 0.5) is 51.2 Å². The zero-order valence-corrected chi connectivity index (χ0v) is 35.5. The van der Waals surface area contributed by atoms with Gasteiger partial charge in [0, 0.05) is 19.8 Å². The minimum atomic E-state index is 0.0820. The molecule has 62 heavy (non-hydrogen) atoms. The summed E-state index contributed by atoms with van der Waals surface area (Å²) in [5.41, 5.74) is 18.3. The van der Waals surface area contributed by atoms with Gasteiger partial charge >= 0.3 is 0 Å². The summed E-state index contributed by atoms with van der Waals surface area (Å²) >= 11 is 0. The molecule has 9 aromatic carbocycles. The SMILES string of the molecule is Cc1cc(C)cc(-c2c3c(c(-c4cccc5ccccc45)c4cc(N5c6ccccc6N(C)c6ccccc65)ccc24)=CCC(N2c4ccccc4N(C)c4ccccc42)C=3)c1. The van der Waals surface area contributed by atoms with E-state index in [9.17, 15) is 0 Å². The summed E-state index contributed by atoms with van der Waals surface area (Å²) in [5, 5.41) is 7.59. The maximum Gasteiger partial charge on any atom is 0.0699 e. The van der Waals surface area contributed by atoms with E-state index in [4.69, 9.17) is 0 Å². The lowest BCUT2D eigenvalue weighted by atomic mass is 9.83. The van der Waals surface area contributed by atoms with Gasteiger partial charge in [-0.3, -0.25) is 0 Å². The molecular weight excluding hydrogens is 753 g/mol. The number of rotatable bonds is 4. The Bertz CT molecular complexity index is 3320. The van der Waals surface area contributed by atoms with Gasteiger partial charge in [0.15, 0.2) is 0 Å². The molecule has 0 aromatic heterocycles. The normalized spacial score (nSPS) is 15.0. The van der Waals surface area contributed by atoms with Gasteiger partial charge in [-0.05, 0) is 135 Å². The van der Waals surface area contributed by atoms with Crippen molar-refractivity contribution in [3.05, 3.63) is 197 Å². The van der Waals surface area contributed by atoms with Gasteiger partial charge in [-0.25, -0.2) is 0 Å². The monoisotopic (exact) mass is 798 g/mol. The molecule has 1 unspecified atom stereocenters. The van der Waals surface area contributed by atoms with Crippen LogP contribution in [0.3, 0.4) is 0 Å². The van der Waals surface area contributed by atoms with E-state index in [-0.39, 0.29) is 6.04 Å². The summed E-state index contributed by atoms with van der Waals surface area (Å²) in [6, 6.07) is 65.4. The van der Waals surface area contributed by atoms with Gasteiger partial charge in [-0.1, -0.05) is 139 Å². The van der Waals surface area contributed by atoms with Crippen LogP contribution in [0, 0.1) is 13.8 Å². The van der Waals surface area contributed by atoms with Crippen molar-refractivity contribution in [2.24, 2.45) is 0 Å². The van der Waals surface area contributed by atoms with Gasteiger partial charge < -0.3 is 19.6 Å². The fraction of sp³-hybridized carbons (Fsp3) is 0.103. The second kappa shape index (κ2) is 14.0. The van der Waals surface area contributed by atoms with Gasteiger partial charge in [0.1, 0.15) is 0 Å². The Hall–Kier alpha value is -7.56. The van der Waals surface area contributed by atoms with Crippen molar-refractivity contribution in [3.63, 3.8) is 0 Å². The van der Waals surface area contributed by atoms with E-state index < -0.39 is 0 Å². The highest BCUT2D eigenvalue weighted by Crippen LogP contribution is 2.52. The van der Waals surface area contributed by atoms with Gasteiger partial charge in [0.05, 0.1) is 51.5 Å². The minimum Gasteiger partial charge on any atom is -0.341 e. The third-order valence-corrected chi connectivity index (χ3v) is 13.4. The highest BCUT2D eigenvalue weighted by atomic mass is 15.3. The molecule has 4 heteroatoms. The number of aryl methyl sites for hydroxylation is 2. The first kappa shape index (κ1) is 36.3. The Morgan fingerprint density at radius 3 is 1.60 bits per heavy atom. The minimum absolute atomic E-state index is 0.0820. The molecule has 0 spiro atoms. The average molecular weight is 799 g/mol. The van der Waals surface area contributed by atoms with E-state index in [1.54, 1.807) is 0 Å². The second-order valence-electron chi connectivity index (χ2n) is 17.2. The first-order valence-corrected chi connectivity index (χ1v) is 21.7. The van der Waals surface area contributed by atoms with Crippen molar-refractivity contribution < 1.29 is 0 Å². The van der Waals surface area contributed by atoms with Crippen LogP contribution in [0.25, 0.3) is 56.0 Å². The smallest absolute Gasteiger partial charge is 0.0699 e. The lowest BCUT2D eigenvalue weighted by Gasteiger charge is -2.42. The maximum absolute atomic E-state index is 2.59. The standard InChI is InChI=1S/C58H46N4/c1-37-32-38(2)34-40(33-37)57-45-30-28-42(62-55-26-13-9-22-51(55)60(4)52-23-10-14-27-56(52)62)36-48(45)58(44-19-15-17-39-16-5-6-18-43(39)44)46-31-29-41(35-47(46)57)61-53-24-11-7-20-49(53)59(3)50-21-8-12-25-54(50)61/h5-28,30-36,41H,29H2,1-4H3. The average Bonchev–Trinajstić information content (AvgIpc) is 3.30. The molecule has 0 N–H and O–H groups in total. The molecule has 2 aliphatic heterocycles. The lowest BCUT2D eigenvalue weighted by molar-refractivity contribution is 0.828. The predicted octanol–water partition coefficient (Wildman–Crippen LogP) is 13.7. The van der Waals surface area contributed by atoms with Crippen LogP contribution in [-0.4, -0.2) is 20.1 Å². The van der Waals surface area contributed by atoms with Crippen LogP contribution in [-0.2, 0) is 0 Å². The van der Waals surface area contributed by atoms with Gasteiger partial charge in [-0.15, -0.1) is 0 Å². The topological polar surface area (TPSA) is 13.0 Å². The Morgan fingerprint density at radius 1 is 0.435 bits per heavy atom. The van der Waals surface area contributed by atoms with E-state index in [0.717, 1.165) is 12.1 Å². The van der Waals surface area contributed by atoms with Crippen molar-refractivity contribution in [3.8, 4) is 22.3 Å². The van der Waals surface area contributed by atoms with Crippen LogP contribution in [0.1, 0.15) is 17.5 Å². The van der Waals surface area contributed by atoms with Crippen molar-refractivity contribution >= 4 is 84.9 Å². The summed E-state index contributed by atoms with van der Waals surface area (Å²) < 4.78 is 0. The van der Waals surface area contributed by atoms with Gasteiger partial charge in [-0.2, -0.15) is 0 Å². The van der Waals surface area contributed by atoms with Crippen molar-refractivity contribution in [1.29, 1.82) is 0 Å². The van der Waals surface area contributed by atoms with E-state index in [0.29, 0.717) is 0 Å². The molecule has 12 rings (SSSR count). The third kappa shape index (κ3) is 5.46. The number of fused-ring (bicyclic) bond motifs is 7. The van der Waals surface area contributed by atoms with Crippen LogP contribution < -0.4 is 30.0 Å². The van der Waals surface area contributed by atoms with Crippen LogP contribution in [0.2, 0.25) is 0 Å². The second-order valence-corrected chi connectivity index (χ2v) is 17.2. The number of benzene rings is 9. The maximum atomic E-state index is 2.59. The van der Waals surface area contributed by atoms with E-state index in [2.05, 4.69) is 236 Å². The molecule has 4 nitrogen and oxygen atoms in total. The predicted molar refractivity (Wildman–Crippen MR) is 264 cm³/mol. The third-order valence-electron chi connectivity index (χ3n) is 13.4. The van der Waals surface area contributed by atoms with E-state index >= 15 is 0 Å². The molecular formula is C58H46N4. The summed E-state index contributed by atoms with van der Waals surface area (Å²) in [6.07, 6.45) is 6.00. The molecule has 0 saturated heterocycles. The summed E-state index contributed by atoms with van der Waals surface area (Å²) in [6.45, 7) is 4.46. The van der Waals surface area contributed by atoms with Gasteiger partial charge in [0.2, 0.25) is 0 Å². The fourth-order valence-corrected chi connectivity index (χ4v) is 10.8. The Kier molecular flexibility index (Phi) is 8.20. The molecule has 298 valence electrons. The lowest BCUT2D eigenvalue weighted by Crippen LogP contribution is -2.41. The molecule has 0 fully saturated rings. The fourth-order valence-electron chi connectivity index (χ4n) is 10.8. The molecule has 1 aliphatic carbocycles. The number of para-hydroxylation sites is 8. The van der Waals surface area contributed by atoms with E-state index in [1.807, 2.05) is 0 Å². The summed E-state index contributed by atoms with van der Waals surface area (Å²) in [7, 11) is 4.37. The first-order valence-electron chi connectivity index (χ1n) is 21.7. The molecule has 0 amide bonds. The summed E-state index contributed by atoms with van der Waals surface area (Å²) in [4.78, 5) is 9.70. The Balaban J connectivity index is 1.20. The summed E-state index contributed by atoms with van der Waals surface area (Å²) in [5.74, 6) is 0. The quantitative estimate of drug-likeness (QED) is 0.176. The number of hydrogen-bond donors (Lipinski definition) is 0.